The first-order valence-corrected chi connectivity index (χ1v) is 6.04. The molecule has 1 aromatic rings. The first-order chi connectivity index (χ1) is 8.16. The van der Waals surface area contributed by atoms with Gasteiger partial charge in [-0.15, -0.1) is 0 Å². The zero-order valence-corrected chi connectivity index (χ0v) is 10.5. The van der Waals surface area contributed by atoms with E-state index in [0.717, 1.165) is 31.9 Å². The quantitative estimate of drug-likeness (QED) is 0.851. The van der Waals surface area contributed by atoms with Crippen LogP contribution in [-0.4, -0.2) is 51.2 Å². The van der Waals surface area contributed by atoms with Crippen LogP contribution in [0.15, 0.2) is 24.3 Å². The van der Waals surface area contributed by atoms with E-state index in [-0.39, 0.29) is 5.82 Å². The van der Waals surface area contributed by atoms with Crippen LogP contribution in [0.2, 0.25) is 0 Å². The smallest absolute Gasteiger partial charge is 0.123 e. The van der Waals surface area contributed by atoms with Gasteiger partial charge in [-0.3, -0.25) is 0 Å². The number of anilines is 1. The molecule has 1 aliphatic rings. The van der Waals surface area contributed by atoms with Crippen LogP contribution < -0.4 is 10.2 Å². The maximum absolute atomic E-state index is 12.9. The molecule has 0 spiro atoms. The zero-order chi connectivity index (χ0) is 12.3. The molecule has 0 bridgehead atoms. The van der Waals surface area contributed by atoms with Crippen LogP contribution in [-0.2, 0) is 0 Å². The zero-order valence-electron chi connectivity index (χ0n) is 10.5. The minimum Gasteiger partial charge on any atom is -0.365 e. The van der Waals surface area contributed by atoms with Crippen LogP contribution in [0.3, 0.4) is 0 Å². The van der Waals surface area contributed by atoms with Gasteiger partial charge in [-0.2, -0.15) is 0 Å². The maximum atomic E-state index is 12.9. The van der Waals surface area contributed by atoms with Crippen LogP contribution in [0.1, 0.15) is 0 Å². The van der Waals surface area contributed by atoms with Gasteiger partial charge in [-0.25, -0.2) is 4.39 Å². The molecule has 1 heterocycles. The Bertz CT molecular complexity index is 350. The van der Waals surface area contributed by atoms with Crippen molar-refractivity contribution in [1.29, 1.82) is 0 Å². The summed E-state index contributed by atoms with van der Waals surface area (Å²) in [4.78, 5) is 4.55. The molecular formula is C13H20FN3. The Hall–Kier alpha value is -1.13. The number of hydrogen-bond acceptors (Lipinski definition) is 3. The average Bonchev–Trinajstić information content (AvgIpc) is 2.30. The Labute approximate surface area is 102 Å². The predicted octanol–water partition coefficient (Wildman–Crippen LogP) is 1.17. The number of nitrogens with one attached hydrogen (secondary N) is 1. The lowest BCUT2D eigenvalue weighted by atomic mass is 10.1. The van der Waals surface area contributed by atoms with E-state index < -0.39 is 0 Å². The topological polar surface area (TPSA) is 18.5 Å². The van der Waals surface area contributed by atoms with Crippen molar-refractivity contribution in [1.82, 2.24) is 10.2 Å². The lowest BCUT2D eigenvalue weighted by Gasteiger charge is -2.39. The fraction of sp³-hybridized carbons (Fsp3) is 0.538. The summed E-state index contributed by atoms with van der Waals surface area (Å²) in [7, 11) is 4.16. The standard InChI is InChI=1S/C13H20FN3/c1-16(2)10-13-9-15-7-8-17(13)12-5-3-11(14)4-6-12/h3-6,13,15H,7-10H2,1-2H3. The van der Waals surface area contributed by atoms with Crippen LogP contribution >= 0.6 is 0 Å². The normalized spacial score (nSPS) is 20.9. The first kappa shape index (κ1) is 12.3. The lowest BCUT2D eigenvalue weighted by molar-refractivity contribution is 0.337. The molecule has 1 aromatic carbocycles. The largest absolute Gasteiger partial charge is 0.365 e. The van der Waals surface area contributed by atoms with Crippen molar-refractivity contribution in [3.05, 3.63) is 30.1 Å². The van der Waals surface area contributed by atoms with E-state index in [2.05, 4.69) is 29.2 Å². The van der Waals surface area contributed by atoms with Gasteiger partial charge in [-0.05, 0) is 38.4 Å². The molecule has 0 aromatic heterocycles. The third-order valence-corrected chi connectivity index (χ3v) is 3.08. The molecule has 1 atom stereocenters. The van der Waals surface area contributed by atoms with Gasteiger partial charge in [0.25, 0.3) is 0 Å². The fourth-order valence-corrected chi connectivity index (χ4v) is 2.32. The number of rotatable bonds is 3. The van der Waals surface area contributed by atoms with E-state index in [1.54, 1.807) is 0 Å². The number of piperazine rings is 1. The van der Waals surface area contributed by atoms with Crippen LogP contribution in [0.4, 0.5) is 10.1 Å². The molecule has 94 valence electrons. The van der Waals surface area contributed by atoms with Gasteiger partial charge in [0.05, 0.1) is 6.04 Å². The van der Waals surface area contributed by atoms with E-state index in [1.807, 2.05) is 12.1 Å². The molecule has 1 saturated heterocycles. The first-order valence-electron chi connectivity index (χ1n) is 6.04. The van der Waals surface area contributed by atoms with Crippen LogP contribution in [0, 0.1) is 5.82 Å². The summed E-state index contributed by atoms with van der Waals surface area (Å²) in [5.41, 5.74) is 1.11. The molecular weight excluding hydrogens is 217 g/mol. The van der Waals surface area contributed by atoms with E-state index in [4.69, 9.17) is 0 Å². The maximum Gasteiger partial charge on any atom is 0.123 e. The SMILES string of the molecule is CN(C)CC1CNCCN1c1ccc(F)cc1. The molecule has 4 heteroatoms. The van der Waals surface area contributed by atoms with Crippen molar-refractivity contribution < 1.29 is 4.39 Å². The number of halogens is 1. The highest BCUT2D eigenvalue weighted by Gasteiger charge is 2.22. The molecule has 17 heavy (non-hydrogen) atoms. The van der Waals surface area contributed by atoms with E-state index >= 15 is 0 Å². The van der Waals surface area contributed by atoms with Gasteiger partial charge in [0.15, 0.2) is 0 Å². The van der Waals surface area contributed by atoms with Gasteiger partial charge in [0.1, 0.15) is 5.82 Å². The third kappa shape index (κ3) is 3.17. The second-order valence-electron chi connectivity index (χ2n) is 4.79. The molecule has 1 fully saturated rings. The predicted molar refractivity (Wildman–Crippen MR) is 69.0 cm³/mol. The number of likely N-dealkylation sites (N-methyl/N-ethyl adjacent to an activating group) is 1. The van der Waals surface area contributed by atoms with Gasteiger partial charge < -0.3 is 15.1 Å². The summed E-state index contributed by atoms with van der Waals surface area (Å²) < 4.78 is 12.9. The Morgan fingerprint density at radius 2 is 2.06 bits per heavy atom. The minimum absolute atomic E-state index is 0.173. The minimum atomic E-state index is -0.173. The molecule has 0 aliphatic carbocycles. The molecule has 1 aliphatic heterocycles. The van der Waals surface area contributed by atoms with Crippen molar-refractivity contribution >= 4 is 5.69 Å². The second-order valence-corrected chi connectivity index (χ2v) is 4.79. The average molecular weight is 237 g/mol. The third-order valence-electron chi connectivity index (χ3n) is 3.08. The summed E-state index contributed by atoms with van der Waals surface area (Å²) >= 11 is 0. The highest BCUT2D eigenvalue weighted by molar-refractivity contribution is 5.48. The summed E-state index contributed by atoms with van der Waals surface area (Å²) in [6.07, 6.45) is 0. The lowest BCUT2D eigenvalue weighted by Crippen LogP contribution is -2.55. The van der Waals surface area contributed by atoms with E-state index in [1.165, 1.54) is 12.1 Å². The highest BCUT2D eigenvalue weighted by atomic mass is 19.1. The Morgan fingerprint density at radius 1 is 1.35 bits per heavy atom. The Kier molecular flexibility index (Phi) is 3.97. The van der Waals surface area contributed by atoms with Crippen molar-refractivity contribution in [3.8, 4) is 0 Å². The number of nitrogens with zero attached hydrogens (tertiary/aromatic N) is 2. The number of hydrogen-bond donors (Lipinski definition) is 1. The van der Waals surface area contributed by atoms with Gasteiger partial charge in [0, 0.05) is 31.9 Å². The number of benzene rings is 1. The highest BCUT2D eigenvalue weighted by Crippen LogP contribution is 2.19. The summed E-state index contributed by atoms with van der Waals surface area (Å²) in [6.45, 7) is 3.95. The molecule has 0 saturated carbocycles. The molecule has 3 nitrogen and oxygen atoms in total. The Morgan fingerprint density at radius 3 is 2.71 bits per heavy atom. The summed E-state index contributed by atoms with van der Waals surface area (Å²) in [6, 6.07) is 7.24. The van der Waals surface area contributed by atoms with Gasteiger partial charge in [-0.1, -0.05) is 0 Å². The summed E-state index contributed by atoms with van der Waals surface area (Å²) in [5.74, 6) is -0.173. The van der Waals surface area contributed by atoms with Gasteiger partial charge >= 0.3 is 0 Å². The van der Waals surface area contributed by atoms with Crippen LogP contribution in [0.25, 0.3) is 0 Å². The van der Waals surface area contributed by atoms with Crippen LogP contribution in [0.5, 0.6) is 0 Å². The monoisotopic (exact) mass is 237 g/mol. The molecule has 1 N–H and O–H groups in total. The summed E-state index contributed by atoms with van der Waals surface area (Å²) in [5, 5.41) is 3.41. The van der Waals surface area contributed by atoms with E-state index in [0.29, 0.717) is 6.04 Å². The molecule has 0 radical (unpaired) electrons. The van der Waals surface area contributed by atoms with Gasteiger partial charge in [0.2, 0.25) is 0 Å². The Balaban J connectivity index is 2.12. The van der Waals surface area contributed by atoms with Crippen molar-refractivity contribution in [2.24, 2.45) is 0 Å². The molecule has 0 amide bonds. The van der Waals surface area contributed by atoms with Crippen molar-refractivity contribution in [2.45, 2.75) is 6.04 Å². The molecule has 2 rings (SSSR count). The van der Waals surface area contributed by atoms with Crippen molar-refractivity contribution in [2.75, 3.05) is 45.2 Å². The molecule has 1 unspecified atom stereocenters. The second kappa shape index (κ2) is 5.47. The fourth-order valence-electron chi connectivity index (χ4n) is 2.32. The van der Waals surface area contributed by atoms with Crippen molar-refractivity contribution in [3.63, 3.8) is 0 Å². The van der Waals surface area contributed by atoms with E-state index in [9.17, 15) is 4.39 Å².